The molecule has 0 saturated carbocycles. The van der Waals surface area contributed by atoms with Crippen LogP contribution < -0.4 is 22.1 Å². The van der Waals surface area contributed by atoms with E-state index < -0.39 is 5.82 Å². The highest BCUT2D eigenvalue weighted by atomic mass is 32.2. The Labute approximate surface area is 150 Å². The zero-order valence-electron chi connectivity index (χ0n) is 13.9. The zero-order valence-corrected chi connectivity index (χ0v) is 14.7. The third kappa shape index (κ3) is 8.25. The van der Waals surface area contributed by atoms with Crippen molar-refractivity contribution in [2.45, 2.75) is 25.7 Å². The first kappa shape index (κ1) is 20.6. The first-order valence-corrected chi connectivity index (χ1v) is 8.67. The van der Waals surface area contributed by atoms with Gasteiger partial charge in [-0.3, -0.25) is 9.59 Å². The van der Waals surface area contributed by atoms with Gasteiger partial charge in [-0.15, -0.1) is 0 Å². The summed E-state index contributed by atoms with van der Waals surface area (Å²) in [5, 5.41) is 6.97. The van der Waals surface area contributed by atoms with E-state index in [-0.39, 0.29) is 17.5 Å². The van der Waals surface area contributed by atoms with Gasteiger partial charge in [0.2, 0.25) is 5.91 Å². The number of halogens is 1. The Morgan fingerprint density at radius 3 is 2.72 bits per heavy atom. The molecular weight excluding hydrogens is 343 g/mol. The monoisotopic (exact) mass is 366 g/mol. The van der Waals surface area contributed by atoms with Gasteiger partial charge in [0.05, 0.1) is 16.3 Å². The van der Waals surface area contributed by atoms with Crippen molar-refractivity contribution < 1.29 is 14.0 Å². The minimum Gasteiger partial charge on any atom is -0.404 e. The van der Waals surface area contributed by atoms with Gasteiger partial charge in [0, 0.05) is 19.2 Å². The quantitative estimate of drug-likeness (QED) is 0.289. The number of nitrogens with two attached hydrogens (primary N) is 2. The Balaban J connectivity index is 2.16. The first-order chi connectivity index (χ1) is 11.9. The van der Waals surface area contributed by atoms with Gasteiger partial charge in [-0.1, -0.05) is 24.8 Å². The van der Waals surface area contributed by atoms with Crippen LogP contribution in [0.5, 0.6) is 0 Å². The van der Waals surface area contributed by atoms with Crippen LogP contribution in [0.2, 0.25) is 0 Å². The van der Waals surface area contributed by atoms with Gasteiger partial charge in [0.1, 0.15) is 5.82 Å². The molecule has 8 heteroatoms. The fraction of sp³-hybridized carbons (Fsp3) is 0.294. The van der Waals surface area contributed by atoms with Crippen LogP contribution in [0.25, 0.3) is 0 Å². The number of anilines is 2. The van der Waals surface area contributed by atoms with Crippen molar-refractivity contribution in [1.82, 2.24) is 5.32 Å². The molecule has 0 radical (unpaired) electrons. The maximum Gasteiger partial charge on any atom is 0.257 e. The average Bonchev–Trinajstić information content (AvgIpc) is 2.58. The fourth-order valence-electron chi connectivity index (χ4n) is 1.92. The number of amides is 2. The minimum absolute atomic E-state index is 0.180. The number of rotatable bonds is 10. The van der Waals surface area contributed by atoms with Crippen LogP contribution in [-0.4, -0.2) is 18.4 Å². The molecule has 0 spiro atoms. The fourth-order valence-corrected chi connectivity index (χ4v) is 2.34. The van der Waals surface area contributed by atoms with Crippen molar-refractivity contribution in [1.29, 1.82) is 0 Å². The number of hydrogen-bond donors (Lipinski definition) is 4. The third-order valence-electron chi connectivity index (χ3n) is 3.20. The van der Waals surface area contributed by atoms with Crippen LogP contribution >= 0.6 is 11.8 Å². The van der Waals surface area contributed by atoms with Crippen molar-refractivity contribution in [3.05, 3.63) is 47.1 Å². The molecule has 0 bridgehead atoms. The highest BCUT2D eigenvalue weighted by Crippen LogP contribution is 2.19. The van der Waals surface area contributed by atoms with Crippen LogP contribution in [0, 0.1) is 5.82 Å². The molecule has 6 nitrogen and oxygen atoms in total. The number of hydrogen-bond acceptors (Lipinski definition) is 5. The molecule has 0 fully saturated rings. The van der Waals surface area contributed by atoms with Gasteiger partial charge in [-0.05, 0) is 36.4 Å². The molecule has 0 atom stereocenters. The SMILES string of the molecule is C=C(S/C=C\N)C(=O)NCCCCCC(=O)Nc1ccc(F)cc1N. The van der Waals surface area contributed by atoms with Crippen LogP contribution in [0.3, 0.4) is 0 Å². The molecule has 1 aromatic rings. The summed E-state index contributed by atoms with van der Waals surface area (Å²) in [7, 11) is 0. The van der Waals surface area contributed by atoms with E-state index in [0.717, 1.165) is 30.7 Å². The summed E-state index contributed by atoms with van der Waals surface area (Å²) in [5.41, 5.74) is 11.4. The molecular formula is C17H23FN4O2S. The van der Waals surface area contributed by atoms with E-state index in [2.05, 4.69) is 17.2 Å². The third-order valence-corrected chi connectivity index (χ3v) is 3.96. The van der Waals surface area contributed by atoms with Gasteiger partial charge in [0.25, 0.3) is 5.91 Å². The summed E-state index contributed by atoms with van der Waals surface area (Å²) in [6.07, 6.45) is 3.88. The number of thioether (sulfide) groups is 1. The summed E-state index contributed by atoms with van der Waals surface area (Å²) in [6, 6.07) is 3.83. The number of benzene rings is 1. The molecule has 0 unspecified atom stereocenters. The molecule has 136 valence electrons. The van der Waals surface area contributed by atoms with Crippen molar-refractivity contribution in [2.24, 2.45) is 5.73 Å². The van der Waals surface area contributed by atoms with E-state index in [9.17, 15) is 14.0 Å². The molecule has 0 aliphatic heterocycles. The van der Waals surface area contributed by atoms with Crippen LogP contribution in [0.4, 0.5) is 15.8 Å². The molecule has 0 aromatic heterocycles. The first-order valence-electron chi connectivity index (χ1n) is 7.79. The van der Waals surface area contributed by atoms with Crippen molar-refractivity contribution in [2.75, 3.05) is 17.6 Å². The topological polar surface area (TPSA) is 110 Å². The van der Waals surface area contributed by atoms with Crippen molar-refractivity contribution in [3.63, 3.8) is 0 Å². The Morgan fingerprint density at radius 1 is 1.28 bits per heavy atom. The van der Waals surface area contributed by atoms with E-state index in [1.54, 1.807) is 5.41 Å². The Hall–Kier alpha value is -2.48. The van der Waals surface area contributed by atoms with Crippen molar-refractivity contribution >= 4 is 35.0 Å². The zero-order chi connectivity index (χ0) is 18.7. The number of carbonyl (C=O) groups excluding carboxylic acids is 2. The highest BCUT2D eigenvalue weighted by Gasteiger charge is 2.07. The van der Waals surface area contributed by atoms with Gasteiger partial charge >= 0.3 is 0 Å². The number of nitrogen functional groups attached to an aromatic ring is 1. The molecule has 0 heterocycles. The van der Waals surface area contributed by atoms with Gasteiger partial charge in [-0.2, -0.15) is 0 Å². The van der Waals surface area contributed by atoms with Gasteiger partial charge in [-0.25, -0.2) is 4.39 Å². The second-order valence-electron chi connectivity index (χ2n) is 5.22. The smallest absolute Gasteiger partial charge is 0.257 e. The number of carbonyl (C=O) groups is 2. The largest absolute Gasteiger partial charge is 0.404 e. The summed E-state index contributed by atoms with van der Waals surface area (Å²) in [5.74, 6) is -0.856. The lowest BCUT2D eigenvalue weighted by Crippen LogP contribution is -2.24. The van der Waals surface area contributed by atoms with Crippen molar-refractivity contribution in [3.8, 4) is 0 Å². The summed E-state index contributed by atoms with van der Waals surface area (Å²) in [4.78, 5) is 23.8. The molecule has 2 amide bonds. The number of unbranched alkanes of at least 4 members (excludes halogenated alkanes) is 2. The maximum atomic E-state index is 12.9. The maximum absolute atomic E-state index is 12.9. The average molecular weight is 366 g/mol. The minimum atomic E-state index is -0.447. The predicted molar refractivity (Wildman–Crippen MR) is 101 cm³/mol. The molecule has 25 heavy (non-hydrogen) atoms. The summed E-state index contributed by atoms with van der Waals surface area (Å²) in [6.45, 7) is 4.15. The molecule has 0 saturated heterocycles. The Morgan fingerprint density at radius 2 is 2.04 bits per heavy atom. The lowest BCUT2D eigenvalue weighted by molar-refractivity contribution is -0.117. The molecule has 1 aromatic carbocycles. The van der Waals surface area contributed by atoms with Crippen LogP contribution in [0.15, 0.2) is 41.3 Å². The molecule has 6 N–H and O–H groups in total. The lowest BCUT2D eigenvalue weighted by atomic mass is 10.2. The Bertz CT molecular complexity index is 650. The van der Waals surface area contributed by atoms with E-state index in [4.69, 9.17) is 11.5 Å². The molecule has 1 rings (SSSR count). The highest BCUT2D eigenvalue weighted by molar-refractivity contribution is 8.06. The van der Waals surface area contributed by atoms with Crippen LogP contribution in [0.1, 0.15) is 25.7 Å². The van der Waals surface area contributed by atoms with Crippen LogP contribution in [-0.2, 0) is 9.59 Å². The standard InChI is InChI=1S/C17H23FN4O2S/c1-12(25-10-8-19)17(24)21-9-4-2-3-5-16(23)22-15-7-6-13(18)11-14(15)20/h6-8,10-11H,1-5,9,19-20H2,(H,21,24)(H,22,23)/b10-8-. The Kier molecular flexibility index (Phi) is 9.16. The second kappa shape index (κ2) is 11.1. The van der Waals surface area contributed by atoms with Gasteiger partial charge in [0.15, 0.2) is 0 Å². The van der Waals surface area contributed by atoms with E-state index >= 15 is 0 Å². The predicted octanol–water partition coefficient (Wildman–Crippen LogP) is 2.70. The normalized spacial score (nSPS) is 10.6. The van der Waals surface area contributed by atoms with Gasteiger partial charge < -0.3 is 22.1 Å². The lowest BCUT2D eigenvalue weighted by Gasteiger charge is -2.08. The van der Waals surface area contributed by atoms with E-state index in [0.29, 0.717) is 30.0 Å². The summed E-state index contributed by atoms with van der Waals surface area (Å²) >= 11 is 1.16. The van der Waals surface area contributed by atoms with E-state index in [1.165, 1.54) is 18.3 Å². The molecule has 0 aliphatic rings. The van der Waals surface area contributed by atoms with E-state index in [1.807, 2.05) is 0 Å². The number of nitrogens with one attached hydrogen (secondary N) is 2. The second-order valence-corrected chi connectivity index (χ2v) is 6.22. The summed E-state index contributed by atoms with van der Waals surface area (Å²) < 4.78 is 12.9. The molecule has 0 aliphatic carbocycles.